The topological polar surface area (TPSA) is 68.3 Å². The lowest BCUT2D eigenvalue weighted by molar-refractivity contribution is -0.117. The number of amides is 1. The number of ether oxygens (including phenoxy) is 1. The van der Waals surface area contributed by atoms with Crippen LogP contribution in [0.4, 0.5) is 5.69 Å². The molecule has 0 bridgehead atoms. The number of rotatable bonds is 4. The first-order chi connectivity index (χ1) is 10.2. The summed E-state index contributed by atoms with van der Waals surface area (Å²) < 4.78 is 4.97. The van der Waals surface area contributed by atoms with E-state index < -0.39 is 5.97 Å². The van der Waals surface area contributed by atoms with Crippen molar-refractivity contribution >= 4 is 17.6 Å². The van der Waals surface area contributed by atoms with Gasteiger partial charge < -0.3 is 10.1 Å². The first-order valence-electron chi connectivity index (χ1n) is 7.65. The predicted octanol–water partition coefficient (Wildman–Crippen LogP) is 2.63. The van der Waals surface area contributed by atoms with Crippen molar-refractivity contribution in [1.29, 1.82) is 0 Å². The number of aromatic nitrogens is 1. The molecule has 5 nitrogen and oxygen atoms in total. The van der Waals surface area contributed by atoms with Gasteiger partial charge in [-0.3, -0.25) is 4.79 Å². The molecule has 2 saturated carbocycles. The fourth-order valence-electron chi connectivity index (χ4n) is 3.47. The molecule has 1 aromatic heterocycles. The van der Waals surface area contributed by atoms with Crippen molar-refractivity contribution in [2.24, 2.45) is 17.8 Å². The number of carbonyl (C=O) groups excluding carboxylic acids is 2. The predicted molar refractivity (Wildman–Crippen MR) is 77.8 cm³/mol. The minimum atomic E-state index is -0.499. The van der Waals surface area contributed by atoms with Crippen LogP contribution in [0.15, 0.2) is 18.3 Å². The molecule has 2 fully saturated rings. The molecular formula is C16H20N2O3. The maximum atomic E-state index is 12.4. The van der Waals surface area contributed by atoms with Crippen LogP contribution in [0.2, 0.25) is 0 Å². The van der Waals surface area contributed by atoms with Crippen LogP contribution in [0.3, 0.4) is 0 Å². The van der Waals surface area contributed by atoms with E-state index in [9.17, 15) is 9.59 Å². The van der Waals surface area contributed by atoms with Crippen LogP contribution in [-0.2, 0) is 9.53 Å². The van der Waals surface area contributed by atoms with Gasteiger partial charge >= 0.3 is 5.97 Å². The minimum Gasteiger partial charge on any atom is -0.461 e. The normalized spacial score (nSPS) is 26.6. The summed E-state index contributed by atoms with van der Waals surface area (Å²) in [5, 5.41) is 2.87. The Labute approximate surface area is 124 Å². The van der Waals surface area contributed by atoms with E-state index in [-0.39, 0.29) is 24.1 Å². The summed E-state index contributed by atoms with van der Waals surface area (Å²) in [6.45, 7) is 2.03. The van der Waals surface area contributed by atoms with Crippen molar-refractivity contribution < 1.29 is 14.3 Å². The SMILES string of the molecule is CCOC(=O)c1ncccc1NC(=O)C1[C@H]2CCCC[C@H]12. The second-order valence-electron chi connectivity index (χ2n) is 5.75. The zero-order chi connectivity index (χ0) is 14.8. The fourth-order valence-corrected chi connectivity index (χ4v) is 3.47. The monoisotopic (exact) mass is 288 g/mol. The Balaban J connectivity index is 1.70. The molecule has 0 spiro atoms. The number of nitrogens with one attached hydrogen (secondary N) is 1. The Kier molecular flexibility index (Phi) is 3.90. The number of fused-ring (bicyclic) bond motifs is 1. The molecule has 1 N–H and O–H groups in total. The third-order valence-electron chi connectivity index (χ3n) is 4.49. The van der Waals surface area contributed by atoms with Crippen molar-refractivity contribution in [1.82, 2.24) is 4.98 Å². The van der Waals surface area contributed by atoms with Gasteiger partial charge in [-0.15, -0.1) is 0 Å². The minimum absolute atomic E-state index is 0.0189. The summed E-state index contributed by atoms with van der Waals surface area (Å²) in [4.78, 5) is 28.3. The first kappa shape index (κ1) is 14.0. The van der Waals surface area contributed by atoms with Crippen molar-refractivity contribution in [3.05, 3.63) is 24.0 Å². The van der Waals surface area contributed by atoms with E-state index in [4.69, 9.17) is 4.74 Å². The largest absolute Gasteiger partial charge is 0.461 e. The zero-order valence-electron chi connectivity index (χ0n) is 12.2. The first-order valence-corrected chi connectivity index (χ1v) is 7.65. The van der Waals surface area contributed by atoms with Crippen LogP contribution in [-0.4, -0.2) is 23.5 Å². The maximum absolute atomic E-state index is 12.4. The van der Waals surface area contributed by atoms with Gasteiger partial charge in [-0.2, -0.15) is 0 Å². The molecule has 2 aliphatic rings. The molecule has 1 aromatic rings. The third kappa shape index (κ3) is 2.77. The van der Waals surface area contributed by atoms with Gasteiger partial charge in [-0.1, -0.05) is 12.8 Å². The lowest BCUT2D eigenvalue weighted by Crippen LogP contribution is -2.19. The molecule has 1 heterocycles. The molecule has 0 saturated heterocycles. The average molecular weight is 288 g/mol. The smallest absolute Gasteiger partial charge is 0.359 e. The van der Waals surface area contributed by atoms with E-state index in [1.54, 1.807) is 19.1 Å². The van der Waals surface area contributed by atoms with Gasteiger partial charge in [0.1, 0.15) is 0 Å². The van der Waals surface area contributed by atoms with E-state index in [0.717, 1.165) is 12.8 Å². The number of hydrogen-bond acceptors (Lipinski definition) is 4. The second-order valence-corrected chi connectivity index (χ2v) is 5.75. The van der Waals surface area contributed by atoms with Gasteiger partial charge in [-0.05, 0) is 43.7 Å². The van der Waals surface area contributed by atoms with Gasteiger partial charge in [0.2, 0.25) is 5.91 Å². The number of nitrogens with zero attached hydrogens (tertiary/aromatic N) is 1. The Bertz CT molecular complexity index is 546. The van der Waals surface area contributed by atoms with Crippen LogP contribution in [0.5, 0.6) is 0 Å². The summed E-state index contributed by atoms with van der Waals surface area (Å²) in [5.41, 5.74) is 0.626. The molecule has 112 valence electrons. The molecule has 21 heavy (non-hydrogen) atoms. The zero-order valence-corrected chi connectivity index (χ0v) is 12.2. The Hall–Kier alpha value is -1.91. The number of hydrogen-bond donors (Lipinski definition) is 1. The van der Waals surface area contributed by atoms with E-state index in [1.165, 1.54) is 19.0 Å². The lowest BCUT2D eigenvalue weighted by Gasteiger charge is -2.09. The van der Waals surface area contributed by atoms with E-state index >= 15 is 0 Å². The van der Waals surface area contributed by atoms with Crippen molar-refractivity contribution in [3.63, 3.8) is 0 Å². The molecule has 2 aliphatic carbocycles. The standard InChI is InChI=1S/C16H20N2O3/c1-2-21-16(20)14-12(8-5-9-17-14)18-15(19)13-10-6-3-4-7-11(10)13/h5,8-11,13H,2-4,6-7H2,1H3,(H,18,19)/t10-,11-/m0/s1. The van der Waals surface area contributed by atoms with Crippen molar-refractivity contribution in [3.8, 4) is 0 Å². The summed E-state index contributed by atoms with van der Waals surface area (Å²) >= 11 is 0. The lowest BCUT2D eigenvalue weighted by atomic mass is 10.0. The molecule has 0 aliphatic heterocycles. The molecule has 5 heteroatoms. The molecule has 0 radical (unpaired) electrons. The molecule has 2 atom stereocenters. The number of esters is 1. The average Bonchev–Trinajstić information content (AvgIpc) is 3.22. The van der Waals surface area contributed by atoms with Gasteiger partial charge in [0.15, 0.2) is 5.69 Å². The third-order valence-corrected chi connectivity index (χ3v) is 4.49. The Morgan fingerprint density at radius 3 is 2.71 bits per heavy atom. The summed E-state index contributed by atoms with van der Waals surface area (Å²) in [6, 6.07) is 3.40. The fraction of sp³-hybridized carbons (Fsp3) is 0.562. The van der Waals surface area contributed by atoms with E-state index in [0.29, 0.717) is 17.5 Å². The Morgan fingerprint density at radius 2 is 2.05 bits per heavy atom. The molecule has 0 unspecified atom stereocenters. The van der Waals surface area contributed by atoms with Gasteiger partial charge in [0.05, 0.1) is 12.3 Å². The molecule has 0 aromatic carbocycles. The van der Waals surface area contributed by atoms with Crippen LogP contribution in [0.1, 0.15) is 43.1 Å². The number of pyridine rings is 1. The maximum Gasteiger partial charge on any atom is 0.359 e. The molecular weight excluding hydrogens is 268 g/mol. The number of anilines is 1. The Morgan fingerprint density at radius 1 is 1.33 bits per heavy atom. The molecule has 3 rings (SSSR count). The van der Waals surface area contributed by atoms with E-state index in [1.807, 2.05) is 0 Å². The summed E-state index contributed by atoms with van der Waals surface area (Å²) in [7, 11) is 0. The summed E-state index contributed by atoms with van der Waals surface area (Å²) in [5.74, 6) is 0.720. The van der Waals surface area contributed by atoms with Crippen LogP contribution in [0, 0.1) is 17.8 Å². The van der Waals surface area contributed by atoms with E-state index in [2.05, 4.69) is 10.3 Å². The van der Waals surface area contributed by atoms with Gasteiger partial charge in [0, 0.05) is 12.1 Å². The highest BCUT2D eigenvalue weighted by Gasteiger charge is 2.54. The second kappa shape index (κ2) is 5.84. The quantitative estimate of drug-likeness (QED) is 0.865. The van der Waals surface area contributed by atoms with Crippen molar-refractivity contribution in [2.75, 3.05) is 11.9 Å². The van der Waals surface area contributed by atoms with Gasteiger partial charge in [-0.25, -0.2) is 9.78 Å². The highest BCUT2D eigenvalue weighted by Crippen LogP contribution is 2.55. The molecule has 1 amide bonds. The number of carbonyl (C=O) groups is 2. The van der Waals surface area contributed by atoms with Crippen LogP contribution >= 0.6 is 0 Å². The van der Waals surface area contributed by atoms with Gasteiger partial charge in [0.25, 0.3) is 0 Å². The highest BCUT2D eigenvalue weighted by molar-refractivity contribution is 6.01. The van der Waals surface area contributed by atoms with Crippen molar-refractivity contribution in [2.45, 2.75) is 32.6 Å². The van der Waals surface area contributed by atoms with Crippen LogP contribution < -0.4 is 5.32 Å². The summed E-state index contributed by atoms with van der Waals surface area (Å²) in [6.07, 6.45) is 6.29. The van der Waals surface area contributed by atoms with Crippen LogP contribution in [0.25, 0.3) is 0 Å². The highest BCUT2D eigenvalue weighted by atomic mass is 16.5.